The van der Waals surface area contributed by atoms with Gasteiger partial charge < -0.3 is 0 Å². The van der Waals surface area contributed by atoms with Crippen LogP contribution in [0.25, 0.3) is 0 Å². The molecule has 0 aliphatic heterocycles. The number of halogens is 6. The van der Waals surface area contributed by atoms with E-state index < -0.39 is 23.8 Å². The first-order chi connectivity index (χ1) is 9.11. The lowest BCUT2D eigenvalue weighted by Gasteiger charge is -2.12. The van der Waals surface area contributed by atoms with Gasteiger partial charge in [-0.1, -0.05) is 24.3 Å². The minimum absolute atomic E-state index is 0.304. The van der Waals surface area contributed by atoms with E-state index in [1.54, 1.807) is 0 Å². The Hall–Kier alpha value is -1.86. The highest BCUT2D eigenvalue weighted by Crippen LogP contribution is 2.25. The highest BCUT2D eigenvalue weighted by molar-refractivity contribution is 6.07. The minimum Gasteiger partial charge on any atom is -0.283 e. The van der Waals surface area contributed by atoms with Crippen molar-refractivity contribution in [3.05, 3.63) is 35.4 Å². The van der Waals surface area contributed by atoms with E-state index in [-0.39, 0.29) is 11.1 Å². The number of hydrogen-bond donors (Lipinski definition) is 0. The van der Waals surface area contributed by atoms with E-state index in [0.29, 0.717) is 0 Å². The zero-order valence-electron chi connectivity index (χ0n) is 10.5. The van der Waals surface area contributed by atoms with Crippen LogP contribution in [0.1, 0.15) is 11.1 Å². The van der Waals surface area contributed by atoms with Crippen molar-refractivity contribution < 1.29 is 26.3 Å². The molecular weight excluding hydrogens is 286 g/mol. The quantitative estimate of drug-likeness (QED) is 0.588. The second-order valence-electron chi connectivity index (χ2n) is 3.72. The summed E-state index contributed by atoms with van der Waals surface area (Å²) in [6.45, 7) is 0. The second-order valence-corrected chi connectivity index (χ2v) is 3.72. The molecule has 20 heavy (non-hydrogen) atoms. The van der Waals surface area contributed by atoms with Crippen LogP contribution in [-0.2, 0) is 0 Å². The van der Waals surface area contributed by atoms with Gasteiger partial charge in [0.25, 0.3) is 0 Å². The molecule has 0 atom stereocenters. The molecule has 0 heterocycles. The summed E-state index contributed by atoms with van der Waals surface area (Å²) >= 11 is 0. The van der Waals surface area contributed by atoms with Crippen LogP contribution in [0.3, 0.4) is 0 Å². The number of rotatable bonds is 2. The van der Waals surface area contributed by atoms with Crippen LogP contribution in [0.5, 0.6) is 0 Å². The van der Waals surface area contributed by atoms with Crippen molar-refractivity contribution in [1.29, 1.82) is 0 Å². The molecule has 0 unspecified atom stereocenters. The third-order valence-electron chi connectivity index (χ3n) is 2.42. The van der Waals surface area contributed by atoms with Gasteiger partial charge in [0.1, 0.15) is 11.4 Å². The van der Waals surface area contributed by atoms with Gasteiger partial charge in [-0.2, -0.15) is 26.3 Å². The first-order valence-corrected chi connectivity index (χ1v) is 5.30. The molecule has 0 fully saturated rings. The number of aliphatic imine (C=N–C) groups is 2. The van der Waals surface area contributed by atoms with Crippen molar-refractivity contribution in [2.24, 2.45) is 9.98 Å². The Kier molecular flexibility index (Phi) is 4.57. The second kappa shape index (κ2) is 5.64. The smallest absolute Gasteiger partial charge is 0.283 e. The van der Waals surface area contributed by atoms with Gasteiger partial charge in [0.2, 0.25) is 0 Å². The van der Waals surface area contributed by atoms with E-state index in [1.807, 2.05) is 0 Å². The fourth-order valence-corrected chi connectivity index (χ4v) is 1.63. The molecule has 0 aromatic heterocycles. The van der Waals surface area contributed by atoms with Gasteiger partial charge in [0, 0.05) is 25.2 Å². The minimum atomic E-state index is -4.66. The number of hydrogen-bond acceptors (Lipinski definition) is 2. The van der Waals surface area contributed by atoms with Gasteiger partial charge in [-0.25, -0.2) is 0 Å². The molecule has 110 valence electrons. The van der Waals surface area contributed by atoms with E-state index in [9.17, 15) is 26.3 Å². The molecule has 8 heteroatoms. The van der Waals surface area contributed by atoms with Crippen LogP contribution in [0.15, 0.2) is 34.3 Å². The van der Waals surface area contributed by atoms with Crippen LogP contribution in [-0.4, -0.2) is 37.9 Å². The van der Waals surface area contributed by atoms with Crippen LogP contribution >= 0.6 is 0 Å². The molecule has 2 nitrogen and oxygen atoms in total. The predicted octanol–water partition coefficient (Wildman–Crippen LogP) is 3.65. The molecule has 0 spiro atoms. The van der Waals surface area contributed by atoms with Gasteiger partial charge >= 0.3 is 12.4 Å². The Morgan fingerprint density at radius 2 is 0.950 bits per heavy atom. The summed E-state index contributed by atoms with van der Waals surface area (Å²) in [7, 11) is 1.93. The van der Waals surface area contributed by atoms with E-state index >= 15 is 0 Å². The Morgan fingerprint density at radius 3 is 1.10 bits per heavy atom. The summed E-state index contributed by atoms with van der Waals surface area (Å²) in [6.07, 6.45) is -9.33. The maximum Gasteiger partial charge on any atom is 0.433 e. The van der Waals surface area contributed by atoms with Crippen molar-refractivity contribution in [1.82, 2.24) is 0 Å². The maximum absolute atomic E-state index is 12.6. The lowest BCUT2D eigenvalue weighted by molar-refractivity contribution is -0.0591. The maximum atomic E-state index is 12.6. The Bertz CT molecular complexity index is 473. The number of benzene rings is 1. The molecule has 0 amide bonds. The zero-order chi connectivity index (χ0) is 15.6. The van der Waals surface area contributed by atoms with Crippen molar-refractivity contribution in [3.8, 4) is 0 Å². The summed E-state index contributed by atoms with van der Waals surface area (Å²) in [4.78, 5) is 6.22. The summed E-state index contributed by atoms with van der Waals surface area (Å²) < 4.78 is 75.5. The molecule has 1 rings (SSSR count). The molecule has 1 aromatic carbocycles. The monoisotopic (exact) mass is 296 g/mol. The molecule has 0 bridgehead atoms. The van der Waals surface area contributed by atoms with Crippen LogP contribution in [0, 0.1) is 0 Å². The zero-order valence-corrected chi connectivity index (χ0v) is 10.5. The van der Waals surface area contributed by atoms with Crippen molar-refractivity contribution in [2.45, 2.75) is 12.4 Å². The molecule has 1 aromatic rings. The predicted molar refractivity (Wildman–Crippen MR) is 63.5 cm³/mol. The van der Waals surface area contributed by atoms with E-state index in [2.05, 4.69) is 9.98 Å². The topological polar surface area (TPSA) is 24.7 Å². The first-order valence-electron chi connectivity index (χ1n) is 5.30. The van der Waals surface area contributed by atoms with Crippen molar-refractivity contribution in [2.75, 3.05) is 14.1 Å². The summed E-state index contributed by atoms with van der Waals surface area (Å²) in [5.41, 5.74) is -2.90. The standard InChI is InChI=1S/C12H10F6N2/c1-19-9(11(13,14)15)7-3-5-8(6-4-7)10(20-2)12(16,17)18/h3-6H,1-2H3/b19-9-,20-10-. The molecule has 0 saturated carbocycles. The molecular formula is C12H10F6N2. The van der Waals surface area contributed by atoms with Crippen molar-refractivity contribution in [3.63, 3.8) is 0 Å². The number of alkyl halides is 6. The molecule has 0 N–H and O–H groups in total. The fraction of sp³-hybridized carbons (Fsp3) is 0.333. The van der Waals surface area contributed by atoms with E-state index in [4.69, 9.17) is 0 Å². The van der Waals surface area contributed by atoms with Gasteiger partial charge in [-0.3, -0.25) is 9.98 Å². The summed E-state index contributed by atoms with van der Waals surface area (Å²) in [6, 6.07) is 3.73. The first kappa shape index (κ1) is 16.2. The summed E-state index contributed by atoms with van der Waals surface area (Å²) in [5, 5.41) is 0. The molecule has 0 aliphatic rings. The van der Waals surface area contributed by atoms with Gasteiger partial charge in [-0.05, 0) is 0 Å². The average molecular weight is 296 g/mol. The van der Waals surface area contributed by atoms with Crippen LogP contribution in [0.4, 0.5) is 26.3 Å². The largest absolute Gasteiger partial charge is 0.433 e. The Balaban J connectivity index is 3.19. The van der Waals surface area contributed by atoms with E-state index in [1.165, 1.54) is 0 Å². The van der Waals surface area contributed by atoms with E-state index in [0.717, 1.165) is 38.4 Å². The Morgan fingerprint density at radius 1 is 0.700 bits per heavy atom. The molecule has 0 radical (unpaired) electrons. The lowest BCUT2D eigenvalue weighted by Crippen LogP contribution is -2.25. The SMILES string of the molecule is C/N=C(/c1ccc(/C(=N/C)C(F)(F)F)cc1)C(F)(F)F. The van der Waals surface area contributed by atoms with Crippen LogP contribution < -0.4 is 0 Å². The average Bonchev–Trinajstić information content (AvgIpc) is 2.29. The van der Waals surface area contributed by atoms with Gasteiger partial charge in [0.05, 0.1) is 0 Å². The lowest BCUT2D eigenvalue weighted by atomic mass is 10.0. The normalized spacial score (nSPS) is 14.6. The summed E-state index contributed by atoms with van der Waals surface area (Å²) in [5.74, 6) is 0. The number of nitrogens with zero attached hydrogens (tertiary/aromatic N) is 2. The fourth-order valence-electron chi connectivity index (χ4n) is 1.63. The highest BCUT2D eigenvalue weighted by Gasteiger charge is 2.38. The molecule has 0 saturated heterocycles. The van der Waals surface area contributed by atoms with Crippen molar-refractivity contribution >= 4 is 11.4 Å². The van der Waals surface area contributed by atoms with Crippen LogP contribution in [0.2, 0.25) is 0 Å². The third-order valence-corrected chi connectivity index (χ3v) is 2.42. The Labute approximate surface area is 110 Å². The molecule has 0 aliphatic carbocycles. The van der Waals surface area contributed by atoms with Gasteiger partial charge in [-0.15, -0.1) is 0 Å². The van der Waals surface area contributed by atoms with Gasteiger partial charge in [0.15, 0.2) is 0 Å². The third kappa shape index (κ3) is 3.58. The highest BCUT2D eigenvalue weighted by atomic mass is 19.4.